The van der Waals surface area contributed by atoms with Gasteiger partial charge in [0.1, 0.15) is 0 Å². The van der Waals surface area contributed by atoms with Crippen molar-refractivity contribution in [2.45, 2.75) is 4.90 Å². The number of carbonyl (C=O) groups is 1. The number of halogens is 1. The minimum absolute atomic E-state index is 0.0637. The molecular formula is C15H15BrN2OS. The molecule has 0 heterocycles. The molecule has 3 nitrogen and oxygen atoms in total. The van der Waals surface area contributed by atoms with Crippen LogP contribution in [0, 0.1) is 0 Å². The second-order valence-corrected chi connectivity index (χ2v) is 5.94. The zero-order chi connectivity index (χ0) is 14.4. The van der Waals surface area contributed by atoms with Crippen LogP contribution in [-0.2, 0) is 4.79 Å². The molecule has 2 aromatic rings. The van der Waals surface area contributed by atoms with Crippen molar-refractivity contribution in [2.24, 2.45) is 0 Å². The molecule has 0 unspecified atom stereocenters. The van der Waals surface area contributed by atoms with Gasteiger partial charge in [-0.15, -0.1) is 11.8 Å². The number of hydrogen-bond donors (Lipinski definition) is 2. The van der Waals surface area contributed by atoms with Gasteiger partial charge >= 0.3 is 0 Å². The summed E-state index contributed by atoms with van der Waals surface area (Å²) in [7, 11) is 0. The van der Waals surface area contributed by atoms with E-state index in [4.69, 9.17) is 0 Å². The van der Waals surface area contributed by atoms with Crippen molar-refractivity contribution >= 4 is 45.0 Å². The smallest absolute Gasteiger partial charge is 0.243 e. The van der Waals surface area contributed by atoms with Crippen molar-refractivity contribution in [3.63, 3.8) is 0 Å². The van der Waals surface area contributed by atoms with Crippen molar-refractivity contribution in [1.29, 1.82) is 0 Å². The molecule has 0 radical (unpaired) electrons. The van der Waals surface area contributed by atoms with Crippen LogP contribution in [0.2, 0.25) is 0 Å². The van der Waals surface area contributed by atoms with E-state index in [1.807, 2.05) is 54.8 Å². The first kappa shape index (κ1) is 14.9. The van der Waals surface area contributed by atoms with Crippen LogP contribution in [0.4, 0.5) is 11.4 Å². The highest BCUT2D eigenvalue weighted by Crippen LogP contribution is 2.19. The maximum Gasteiger partial charge on any atom is 0.243 e. The Morgan fingerprint density at radius 3 is 2.60 bits per heavy atom. The standard InChI is InChI=1S/C15H15BrN2OS/c1-20-14-4-2-3-13(9-14)18-15(19)10-17-12-7-5-11(16)6-8-12/h2-9,17H,10H2,1H3,(H,18,19). The van der Waals surface area contributed by atoms with E-state index < -0.39 is 0 Å². The largest absolute Gasteiger partial charge is 0.376 e. The summed E-state index contributed by atoms with van der Waals surface area (Å²) in [6, 6.07) is 15.5. The SMILES string of the molecule is CSc1cccc(NC(=O)CNc2ccc(Br)cc2)c1. The van der Waals surface area contributed by atoms with Gasteiger partial charge in [-0.2, -0.15) is 0 Å². The second-order valence-electron chi connectivity index (χ2n) is 4.14. The van der Waals surface area contributed by atoms with Crippen LogP contribution in [0.25, 0.3) is 0 Å². The molecule has 2 N–H and O–H groups in total. The maximum absolute atomic E-state index is 11.9. The number of hydrogen-bond acceptors (Lipinski definition) is 3. The first-order valence-corrected chi connectivity index (χ1v) is 8.12. The lowest BCUT2D eigenvalue weighted by molar-refractivity contribution is -0.114. The van der Waals surface area contributed by atoms with Crippen molar-refractivity contribution in [1.82, 2.24) is 0 Å². The van der Waals surface area contributed by atoms with Crippen molar-refractivity contribution in [3.8, 4) is 0 Å². The summed E-state index contributed by atoms with van der Waals surface area (Å²) in [5.74, 6) is -0.0637. The number of thioether (sulfide) groups is 1. The molecule has 20 heavy (non-hydrogen) atoms. The van der Waals surface area contributed by atoms with Crippen LogP contribution < -0.4 is 10.6 Å². The molecule has 0 spiro atoms. The average molecular weight is 351 g/mol. The minimum atomic E-state index is -0.0637. The summed E-state index contributed by atoms with van der Waals surface area (Å²) < 4.78 is 1.02. The zero-order valence-electron chi connectivity index (χ0n) is 11.0. The van der Waals surface area contributed by atoms with E-state index in [-0.39, 0.29) is 12.5 Å². The average Bonchev–Trinajstić information content (AvgIpc) is 2.47. The zero-order valence-corrected chi connectivity index (χ0v) is 13.4. The lowest BCUT2D eigenvalue weighted by Crippen LogP contribution is -2.21. The number of benzene rings is 2. The van der Waals surface area contributed by atoms with Gasteiger partial charge in [0.25, 0.3) is 0 Å². The fraction of sp³-hybridized carbons (Fsp3) is 0.133. The normalized spacial score (nSPS) is 10.1. The molecule has 104 valence electrons. The molecule has 1 amide bonds. The first-order chi connectivity index (χ1) is 9.67. The Hall–Kier alpha value is -1.46. The molecular weight excluding hydrogens is 336 g/mol. The van der Waals surface area contributed by atoms with Crippen LogP contribution in [0.15, 0.2) is 57.9 Å². The van der Waals surface area contributed by atoms with Gasteiger partial charge in [-0.25, -0.2) is 0 Å². The third-order valence-corrected chi connectivity index (χ3v) is 3.90. The number of nitrogens with one attached hydrogen (secondary N) is 2. The highest BCUT2D eigenvalue weighted by Gasteiger charge is 2.03. The molecule has 0 atom stereocenters. The molecule has 0 saturated carbocycles. The van der Waals surface area contributed by atoms with Gasteiger partial charge in [0.05, 0.1) is 6.54 Å². The van der Waals surface area contributed by atoms with Crippen molar-refractivity contribution in [3.05, 3.63) is 53.0 Å². The van der Waals surface area contributed by atoms with E-state index >= 15 is 0 Å². The molecule has 0 fully saturated rings. The highest BCUT2D eigenvalue weighted by molar-refractivity contribution is 9.10. The van der Waals surface area contributed by atoms with E-state index in [1.165, 1.54) is 0 Å². The van der Waals surface area contributed by atoms with Gasteiger partial charge in [-0.1, -0.05) is 22.0 Å². The highest BCUT2D eigenvalue weighted by atomic mass is 79.9. The van der Waals surface area contributed by atoms with Crippen LogP contribution in [0.1, 0.15) is 0 Å². The Bertz CT molecular complexity index is 587. The summed E-state index contributed by atoms with van der Waals surface area (Å²) in [4.78, 5) is 13.0. The van der Waals surface area contributed by atoms with Crippen molar-refractivity contribution in [2.75, 3.05) is 23.4 Å². The van der Waals surface area contributed by atoms with Gasteiger partial charge in [0, 0.05) is 20.7 Å². The predicted octanol–water partition coefficient (Wildman–Crippen LogP) is 4.22. The fourth-order valence-electron chi connectivity index (χ4n) is 1.66. The Morgan fingerprint density at radius 1 is 1.15 bits per heavy atom. The minimum Gasteiger partial charge on any atom is -0.376 e. The molecule has 0 aliphatic carbocycles. The molecule has 5 heteroatoms. The lowest BCUT2D eigenvalue weighted by Gasteiger charge is -2.08. The van der Waals surface area contributed by atoms with E-state index in [9.17, 15) is 4.79 Å². The number of rotatable bonds is 5. The van der Waals surface area contributed by atoms with Crippen LogP contribution in [0.3, 0.4) is 0 Å². The maximum atomic E-state index is 11.9. The molecule has 0 aliphatic heterocycles. The van der Waals surface area contributed by atoms with Crippen LogP contribution in [0.5, 0.6) is 0 Å². The second kappa shape index (κ2) is 7.36. The molecule has 0 bridgehead atoms. The fourth-order valence-corrected chi connectivity index (χ4v) is 2.38. The van der Waals surface area contributed by atoms with Gasteiger partial charge in [0.2, 0.25) is 5.91 Å². The Morgan fingerprint density at radius 2 is 1.90 bits per heavy atom. The predicted molar refractivity (Wildman–Crippen MR) is 89.5 cm³/mol. The molecule has 0 saturated heterocycles. The van der Waals surface area contributed by atoms with E-state index in [0.717, 1.165) is 20.7 Å². The Kier molecular flexibility index (Phi) is 5.49. The van der Waals surface area contributed by atoms with Gasteiger partial charge in [-0.05, 0) is 48.7 Å². The Labute approximate surface area is 131 Å². The molecule has 0 aromatic heterocycles. The number of amides is 1. The molecule has 0 aliphatic rings. The van der Waals surface area contributed by atoms with E-state index in [2.05, 4.69) is 26.6 Å². The molecule has 2 aromatic carbocycles. The number of carbonyl (C=O) groups excluding carboxylic acids is 1. The van der Waals surface area contributed by atoms with E-state index in [1.54, 1.807) is 11.8 Å². The van der Waals surface area contributed by atoms with Gasteiger partial charge in [-0.3, -0.25) is 4.79 Å². The van der Waals surface area contributed by atoms with Crippen LogP contribution >= 0.6 is 27.7 Å². The summed E-state index contributed by atoms with van der Waals surface area (Å²) in [5.41, 5.74) is 1.74. The lowest BCUT2D eigenvalue weighted by atomic mass is 10.3. The monoisotopic (exact) mass is 350 g/mol. The van der Waals surface area contributed by atoms with Gasteiger partial charge in [0.15, 0.2) is 0 Å². The molecule has 2 rings (SSSR count). The van der Waals surface area contributed by atoms with E-state index in [0.29, 0.717) is 0 Å². The summed E-state index contributed by atoms with van der Waals surface area (Å²) in [5, 5.41) is 5.96. The third kappa shape index (κ3) is 4.58. The van der Waals surface area contributed by atoms with Gasteiger partial charge < -0.3 is 10.6 Å². The Balaban J connectivity index is 1.87. The first-order valence-electron chi connectivity index (χ1n) is 6.11. The summed E-state index contributed by atoms with van der Waals surface area (Å²) in [6.45, 7) is 0.241. The quantitative estimate of drug-likeness (QED) is 0.793. The third-order valence-electron chi connectivity index (χ3n) is 2.65. The van der Waals surface area contributed by atoms with Crippen LogP contribution in [-0.4, -0.2) is 18.7 Å². The summed E-state index contributed by atoms with van der Waals surface area (Å²) >= 11 is 5.02. The topological polar surface area (TPSA) is 41.1 Å². The van der Waals surface area contributed by atoms with Crippen molar-refractivity contribution < 1.29 is 4.79 Å². The number of anilines is 2. The summed E-state index contributed by atoms with van der Waals surface area (Å²) in [6.07, 6.45) is 2.01.